The summed E-state index contributed by atoms with van der Waals surface area (Å²) in [5.74, 6) is 0. The van der Waals surface area contributed by atoms with Gasteiger partial charge in [-0.1, -0.05) is 130 Å². The Morgan fingerprint density at radius 1 is 0.379 bits per heavy atom. The third-order valence-corrected chi connectivity index (χ3v) is 5.90. The molecule has 0 bridgehead atoms. The van der Waals surface area contributed by atoms with E-state index in [9.17, 15) is 0 Å². The molecule has 0 N–H and O–H groups in total. The molecule has 0 fully saturated rings. The predicted octanol–water partition coefficient (Wildman–Crippen LogP) is 9.60. The molecule has 0 aliphatic rings. The van der Waals surface area contributed by atoms with Gasteiger partial charge < -0.3 is 9.47 Å². The van der Waals surface area contributed by atoms with Crippen LogP contribution in [0.15, 0.2) is 0 Å². The fourth-order valence-electron chi connectivity index (χ4n) is 3.85. The average Bonchev–Trinajstić information content (AvgIpc) is 2.73. The minimum atomic E-state index is 0.0428. The van der Waals surface area contributed by atoms with Gasteiger partial charge in [0.25, 0.3) is 0 Å². The molecule has 0 aliphatic heterocycles. The molecule has 1 unspecified atom stereocenters. The van der Waals surface area contributed by atoms with E-state index in [1.54, 1.807) is 0 Å². The van der Waals surface area contributed by atoms with E-state index in [1.807, 2.05) is 0 Å². The van der Waals surface area contributed by atoms with E-state index in [0.29, 0.717) is 0 Å². The molecule has 0 aliphatic carbocycles. The molecule has 2 heteroatoms. The first-order chi connectivity index (χ1) is 14.3. The fraction of sp³-hybridized carbons (Fsp3) is 1.00. The molecule has 0 aromatic rings. The standard InChI is InChI=1S/C27H56O2/c1-4-7-10-13-15-17-19-21-24-27(28-25-22-12-9-6-3)29-26-23-20-18-16-14-11-8-5-2/h27H,4-26H2,1-3H3. The lowest BCUT2D eigenvalue weighted by Gasteiger charge is -2.19. The summed E-state index contributed by atoms with van der Waals surface area (Å²) >= 11 is 0. The van der Waals surface area contributed by atoms with Crippen molar-refractivity contribution in [2.75, 3.05) is 13.2 Å². The first-order valence-corrected chi connectivity index (χ1v) is 13.6. The van der Waals surface area contributed by atoms with Crippen molar-refractivity contribution in [3.8, 4) is 0 Å². The SMILES string of the molecule is CCCCCCCCCCOC(CCCCCCCCCC)OCCCCCC. The van der Waals surface area contributed by atoms with Crippen LogP contribution in [0.25, 0.3) is 0 Å². The fourth-order valence-corrected chi connectivity index (χ4v) is 3.85. The summed E-state index contributed by atoms with van der Waals surface area (Å²) in [4.78, 5) is 0. The lowest BCUT2D eigenvalue weighted by Crippen LogP contribution is -2.19. The van der Waals surface area contributed by atoms with E-state index in [1.165, 1.54) is 128 Å². The monoisotopic (exact) mass is 412 g/mol. The third kappa shape index (κ3) is 24.1. The van der Waals surface area contributed by atoms with Crippen molar-refractivity contribution in [3.05, 3.63) is 0 Å². The van der Waals surface area contributed by atoms with E-state index in [4.69, 9.17) is 9.47 Å². The molecule has 1 atom stereocenters. The Bertz CT molecular complexity index is 280. The molecule has 0 aromatic carbocycles. The highest BCUT2D eigenvalue weighted by Crippen LogP contribution is 2.14. The zero-order valence-electron chi connectivity index (χ0n) is 20.7. The van der Waals surface area contributed by atoms with Gasteiger partial charge in [0.2, 0.25) is 0 Å². The lowest BCUT2D eigenvalue weighted by atomic mass is 10.1. The highest BCUT2D eigenvalue weighted by Gasteiger charge is 2.09. The Morgan fingerprint density at radius 2 is 0.690 bits per heavy atom. The highest BCUT2D eigenvalue weighted by molar-refractivity contribution is 4.52. The maximum atomic E-state index is 6.13. The number of hydrogen-bond donors (Lipinski definition) is 0. The second-order valence-electron chi connectivity index (χ2n) is 8.97. The first-order valence-electron chi connectivity index (χ1n) is 13.6. The molecule has 0 aromatic heterocycles. The van der Waals surface area contributed by atoms with Crippen molar-refractivity contribution in [2.24, 2.45) is 0 Å². The van der Waals surface area contributed by atoms with E-state index >= 15 is 0 Å². The summed E-state index contributed by atoms with van der Waals surface area (Å²) in [5, 5.41) is 0. The van der Waals surface area contributed by atoms with Gasteiger partial charge in [-0.05, 0) is 25.7 Å². The Balaban J connectivity index is 3.75. The van der Waals surface area contributed by atoms with E-state index < -0.39 is 0 Å². The van der Waals surface area contributed by atoms with Gasteiger partial charge in [-0.2, -0.15) is 0 Å². The van der Waals surface area contributed by atoms with Crippen LogP contribution in [0.4, 0.5) is 0 Å². The third-order valence-electron chi connectivity index (χ3n) is 5.90. The van der Waals surface area contributed by atoms with Crippen molar-refractivity contribution in [1.82, 2.24) is 0 Å². The number of rotatable bonds is 25. The molecular formula is C27H56O2. The van der Waals surface area contributed by atoms with Crippen LogP contribution in [0.1, 0.15) is 156 Å². The molecular weight excluding hydrogens is 356 g/mol. The van der Waals surface area contributed by atoms with E-state index in [-0.39, 0.29) is 6.29 Å². The smallest absolute Gasteiger partial charge is 0.157 e. The second kappa shape index (κ2) is 26.0. The summed E-state index contributed by atoms with van der Waals surface area (Å²) in [6.45, 7) is 8.59. The van der Waals surface area contributed by atoms with Crippen molar-refractivity contribution in [3.63, 3.8) is 0 Å². The normalized spacial score (nSPS) is 12.5. The van der Waals surface area contributed by atoms with Gasteiger partial charge in [0.1, 0.15) is 0 Å². The van der Waals surface area contributed by atoms with Crippen LogP contribution in [0.2, 0.25) is 0 Å². The van der Waals surface area contributed by atoms with Crippen LogP contribution >= 0.6 is 0 Å². The maximum absolute atomic E-state index is 6.13. The molecule has 2 nitrogen and oxygen atoms in total. The van der Waals surface area contributed by atoms with Gasteiger partial charge in [0.15, 0.2) is 6.29 Å². The minimum absolute atomic E-state index is 0.0428. The summed E-state index contributed by atoms with van der Waals surface area (Å²) in [7, 11) is 0. The second-order valence-corrected chi connectivity index (χ2v) is 8.97. The molecule has 29 heavy (non-hydrogen) atoms. The number of hydrogen-bond acceptors (Lipinski definition) is 2. The highest BCUT2D eigenvalue weighted by atomic mass is 16.7. The average molecular weight is 413 g/mol. The van der Waals surface area contributed by atoms with Crippen LogP contribution in [0, 0.1) is 0 Å². The van der Waals surface area contributed by atoms with Gasteiger partial charge in [0.05, 0.1) is 0 Å². The maximum Gasteiger partial charge on any atom is 0.157 e. The van der Waals surface area contributed by atoms with Crippen LogP contribution in [0.5, 0.6) is 0 Å². The van der Waals surface area contributed by atoms with Crippen molar-refractivity contribution in [1.29, 1.82) is 0 Å². The Hall–Kier alpha value is -0.0800. The molecule has 0 saturated carbocycles. The molecule has 0 saturated heterocycles. The zero-order valence-corrected chi connectivity index (χ0v) is 20.7. The summed E-state index contributed by atoms with van der Waals surface area (Å²) < 4.78 is 12.2. The molecule has 176 valence electrons. The van der Waals surface area contributed by atoms with Crippen molar-refractivity contribution in [2.45, 2.75) is 162 Å². The Morgan fingerprint density at radius 3 is 1.10 bits per heavy atom. The van der Waals surface area contributed by atoms with Gasteiger partial charge in [-0.15, -0.1) is 0 Å². The lowest BCUT2D eigenvalue weighted by molar-refractivity contribution is -0.148. The van der Waals surface area contributed by atoms with Crippen molar-refractivity contribution >= 4 is 0 Å². The molecule has 0 radical (unpaired) electrons. The Labute approximate surface area is 184 Å². The van der Waals surface area contributed by atoms with Gasteiger partial charge >= 0.3 is 0 Å². The molecule has 0 spiro atoms. The predicted molar refractivity (Wildman–Crippen MR) is 130 cm³/mol. The quantitative estimate of drug-likeness (QED) is 0.110. The van der Waals surface area contributed by atoms with Crippen molar-refractivity contribution < 1.29 is 9.47 Å². The van der Waals surface area contributed by atoms with Gasteiger partial charge in [-0.3, -0.25) is 0 Å². The van der Waals surface area contributed by atoms with E-state index in [2.05, 4.69) is 20.8 Å². The van der Waals surface area contributed by atoms with Crippen LogP contribution in [0.3, 0.4) is 0 Å². The number of ether oxygens (including phenoxy) is 2. The van der Waals surface area contributed by atoms with Gasteiger partial charge in [0, 0.05) is 13.2 Å². The molecule has 0 heterocycles. The minimum Gasteiger partial charge on any atom is -0.353 e. The topological polar surface area (TPSA) is 18.5 Å². The zero-order chi connectivity index (χ0) is 21.3. The van der Waals surface area contributed by atoms with Crippen LogP contribution < -0.4 is 0 Å². The molecule has 0 rings (SSSR count). The Kier molecular flexibility index (Phi) is 25.9. The summed E-state index contributed by atoms with van der Waals surface area (Å²) in [5.41, 5.74) is 0. The summed E-state index contributed by atoms with van der Waals surface area (Å²) in [6.07, 6.45) is 28.0. The largest absolute Gasteiger partial charge is 0.353 e. The van der Waals surface area contributed by atoms with Crippen LogP contribution in [-0.4, -0.2) is 19.5 Å². The van der Waals surface area contributed by atoms with E-state index in [0.717, 1.165) is 19.6 Å². The van der Waals surface area contributed by atoms with Crippen LogP contribution in [-0.2, 0) is 9.47 Å². The summed E-state index contributed by atoms with van der Waals surface area (Å²) in [6, 6.07) is 0. The van der Waals surface area contributed by atoms with Gasteiger partial charge in [-0.25, -0.2) is 0 Å². The first kappa shape index (κ1) is 28.9. The number of unbranched alkanes of at least 4 members (excludes halogenated alkanes) is 17. The molecule has 0 amide bonds.